The van der Waals surface area contributed by atoms with E-state index in [2.05, 4.69) is 0 Å². The fourth-order valence-corrected chi connectivity index (χ4v) is 0. The van der Waals surface area contributed by atoms with Gasteiger partial charge in [0.05, 0.1) is 0 Å². The molecule has 0 amide bonds. The largest absolute Gasteiger partial charge is 1.00 e. The molecule has 0 atom stereocenters. The molecule has 0 saturated carbocycles. The first-order valence-corrected chi connectivity index (χ1v) is 1.92. The molecule has 104 valence electrons. The molecule has 0 aromatic carbocycles. The third kappa shape index (κ3) is 27400. The van der Waals surface area contributed by atoms with Crippen molar-refractivity contribution in [2.75, 3.05) is 0 Å². The van der Waals surface area contributed by atoms with Gasteiger partial charge in [0.15, 0.2) is 0 Å². The predicted molar refractivity (Wildman–Crippen MR) is 41.2 cm³/mol. The van der Waals surface area contributed by atoms with Crippen LogP contribution < -0.4 is 69.3 Å². The summed E-state index contributed by atoms with van der Waals surface area (Å²) in [6.07, 6.45) is -6.00. The van der Waals surface area contributed by atoms with E-state index >= 15 is 0 Å². The first kappa shape index (κ1) is 65.4. The number of rotatable bonds is 0. The summed E-state index contributed by atoms with van der Waals surface area (Å²) >= 11 is 0. The fourth-order valence-electron chi connectivity index (χ4n) is 0. The molecule has 13 nitrogen and oxygen atoms in total. The van der Waals surface area contributed by atoms with Gasteiger partial charge in [0.2, 0.25) is 0 Å². The van der Waals surface area contributed by atoms with Gasteiger partial charge in [-0.05, 0) is 6.16 Å². The van der Waals surface area contributed by atoms with E-state index in [4.69, 9.17) is 45.0 Å². The molecule has 0 aliphatic heterocycles. The zero-order valence-corrected chi connectivity index (χ0v) is 13.3. The van der Waals surface area contributed by atoms with Gasteiger partial charge in [-0.15, -0.1) is 0 Å². The molecule has 12 N–H and O–H groups in total. The second-order valence-electron chi connectivity index (χ2n) is 0.815. The summed E-state index contributed by atoms with van der Waals surface area (Å²) in [5.74, 6) is 0. The molecule has 0 bridgehead atoms. The third-order valence-corrected chi connectivity index (χ3v) is 0. The molecule has 0 radical (unpaired) electrons. The molecule has 15 heteroatoms. The van der Waals surface area contributed by atoms with Crippen LogP contribution in [0.1, 0.15) is 0 Å². The van der Waals surface area contributed by atoms with Crippen LogP contribution in [0.3, 0.4) is 0 Å². The number of carbonyl (C=O) groups excluding carboxylic acids is 1. The Morgan fingerprint density at radius 1 is 0.611 bits per heavy atom. The fraction of sp³-hybridized carbons (Fsp3) is 0. The Labute approximate surface area is 143 Å². The standard InChI is InChI=1S/3CH2O3.2Na.4H2O/c3*2-1(3)4;;;;;;/h3*(H2,2,3,4);;;4*1H2/q;;;2*+1;;;;/p-2. The van der Waals surface area contributed by atoms with Crippen molar-refractivity contribution >= 4 is 18.5 Å². The maximum absolute atomic E-state index is 8.56. The topological polar surface area (TPSA) is 304 Å². The molecular formula is C3H12Na2O13. The van der Waals surface area contributed by atoms with Gasteiger partial charge in [-0.2, -0.15) is 0 Å². The van der Waals surface area contributed by atoms with Crippen LogP contribution in [-0.2, 0) is 0 Å². The summed E-state index contributed by atoms with van der Waals surface area (Å²) in [6, 6.07) is 0. The Morgan fingerprint density at radius 2 is 0.611 bits per heavy atom. The van der Waals surface area contributed by atoms with Crippen molar-refractivity contribution in [3.8, 4) is 0 Å². The Kier molecular flexibility index (Phi) is 198. The maximum Gasteiger partial charge on any atom is 1.00 e. The summed E-state index contributed by atoms with van der Waals surface area (Å²) in [5.41, 5.74) is 0. The summed E-state index contributed by atoms with van der Waals surface area (Å²) < 4.78 is 0. The van der Waals surface area contributed by atoms with Crippen molar-refractivity contribution in [3.05, 3.63) is 0 Å². The monoisotopic (exact) mass is 302 g/mol. The molecule has 18 heavy (non-hydrogen) atoms. The van der Waals surface area contributed by atoms with E-state index < -0.39 is 18.5 Å². The quantitative estimate of drug-likeness (QED) is 0.308. The molecule has 0 spiro atoms. The predicted octanol–water partition coefficient (Wildman–Crippen LogP) is -11.3. The van der Waals surface area contributed by atoms with Gasteiger partial charge in [-0.3, -0.25) is 0 Å². The van der Waals surface area contributed by atoms with Crippen molar-refractivity contribution in [2.45, 2.75) is 0 Å². The van der Waals surface area contributed by atoms with E-state index in [1.807, 2.05) is 0 Å². The zero-order valence-electron chi connectivity index (χ0n) is 9.33. The van der Waals surface area contributed by atoms with Gasteiger partial charge >= 0.3 is 71.4 Å². The van der Waals surface area contributed by atoms with Crippen LogP contribution in [0.25, 0.3) is 0 Å². The van der Waals surface area contributed by atoms with E-state index in [1.165, 1.54) is 0 Å². The minimum atomic E-state index is -2.33. The SMILES string of the molecule is O.O.O.O.O=C(O)O.O=C(O)O.O=C([O-])[O-].[Na+].[Na+]. The zero-order chi connectivity index (χ0) is 10.7. The number of carboxylic acid groups (broad SMARTS) is 6. The third-order valence-electron chi connectivity index (χ3n) is 0. The van der Waals surface area contributed by atoms with Gasteiger partial charge in [-0.1, -0.05) is 0 Å². The van der Waals surface area contributed by atoms with Crippen LogP contribution in [0.15, 0.2) is 0 Å². The molecule has 0 rings (SSSR count). The molecule has 0 aliphatic carbocycles. The Bertz CT molecular complexity index is 118. The molecule has 0 saturated heterocycles. The van der Waals surface area contributed by atoms with Crippen molar-refractivity contribution in [1.29, 1.82) is 0 Å². The van der Waals surface area contributed by atoms with E-state index in [-0.39, 0.29) is 81.0 Å². The summed E-state index contributed by atoms with van der Waals surface area (Å²) in [6.45, 7) is 0. The molecule has 0 heterocycles. The van der Waals surface area contributed by atoms with Gasteiger partial charge in [0.1, 0.15) is 0 Å². The van der Waals surface area contributed by atoms with E-state index in [0.29, 0.717) is 0 Å². The van der Waals surface area contributed by atoms with Crippen molar-refractivity contribution in [2.24, 2.45) is 0 Å². The number of hydrogen-bond donors (Lipinski definition) is 4. The van der Waals surface area contributed by atoms with E-state index in [1.54, 1.807) is 0 Å². The van der Waals surface area contributed by atoms with E-state index in [9.17, 15) is 0 Å². The van der Waals surface area contributed by atoms with Gasteiger partial charge < -0.3 is 57.3 Å². The normalized spacial score (nSPS) is 4.00. The van der Waals surface area contributed by atoms with Crippen LogP contribution in [0.2, 0.25) is 0 Å². The van der Waals surface area contributed by atoms with Gasteiger partial charge in [0, 0.05) is 0 Å². The first-order valence-electron chi connectivity index (χ1n) is 1.92. The molecule has 0 aromatic rings. The smallest absolute Gasteiger partial charge is 0.652 e. The molecule has 0 unspecified atom stereocenters. The second-order valence-corrected chi connectivity index (χ2v) is 0.815. The number of carbonyl (C=O) groups is 3. The van der Waals surface area contributed by atoms with Crippen molar-refractivity contribution in [1.82, 2.24) is 0 Å². The Morgan fingerprint density at radius 3 is 0.611 bits per heavy atom. The Hall–Kier alpha value is -0.350. The van der Waals surface area contributed by atoms with Crippen LogP contribution in [0, 0.1) is 0 Å². The van der Waals surface area contributed by atoms with E-state index in [0.717, 1.165) is 0 Å². The van der Waals surface area contributed by atoms with Crippen LogP contribution in [-0.4, -0.2) is 60.8 Å². The average molecular weight is 302 g/mol. The van der Waals surface area contributed by atoms with Gasteiger partial charge in [-0.25, -0.2) is 9.59 Å². The van der Waals surface area contributed by atoms with Crippen LogP contribution >= 0.6 is 0 Å². The summed E-state index contributed by atoms with van der Waals surface area (Å²) in [4.78, 5) is 25.4. The second kappa shape index (κ2) is 54.5. The van der Waals surface area contributed by atoms with Crippen molar-refractivity contribution < 1.29 is 126 Å². The molecule has 0 fully saturated rings. The average Bonchev–Trinajstić information content (AvgIpc) is 1.54. The number of hydrogen-bond acceptors (Lipinski definition) is 5. The molecule has 0 aliphatic rings. The van der Waals surface area contributed by atoms with Gasteiger partial charge in [0.25, 0.3) is 0 Å². The summed E-state index contributed by atoms with van der Waals surface area (Å²) in [5, 5.41) is 44.6. The minimum absolute atomic E-state index is 0. The molecular weight excluding hydrogens is 290 g/mol. The first-order chi connectivity index (χ1) is 5.20. The van der Waals surface area contributed by atoms with Crippen molar-refractivity contribution in [3.63, 3.8) is 0 Å². The maximum atomic E-state index is 8.56. The Balaban J connectivity index is -0.00000000827. The minimum Gasteiger partial charge on any atom is -0.652 e. The molecule has 0 aromatic heterocycles. The van der Waals surface area contributed by atoms with Crippen LogP contribution in [0.5, 0.6) is 0 Å². The summed E-state index contributed by atoms with van der Waals surface area (Å²) in [7, 11) is 0. The van der Waals surface area contributed by atoms with Crippen LogP contribution in [0.4, 0.5) is 14.4 Å².